The second kappa shape index (κ2) is 6.52. The minimum Gasteiger partial charge on any atom is -0.805 e. The zero-order valence-corrected chi connectivity index (χ0v) is 13.4. The van der Waals surface area contributed by atoms with Crippen molar-refractivity contribution in [2.45, 2.75) is 6.10 Å². The Morgan fingerprint density at radius 1 is 1.45 bits per heavy atom. The van der Waals surface area contributed by atoms with Gasteiger partial charge in [-0.1, -0.05) is 0 Å². The third kappa shape index (κ3) is 6.19. The summed E-state index contributed by atoms with van der Waals surface area (Å²) in [6.45, 7) is 0.0628. The molecular weight excluding hydrogens is 225 g/mol. The summed E-state index contributed by atoms with van der Waals surface area (Å²) in [4.78, 5) is 29.9. The summed E-state index contributed by atoms with van der Waals surface area (Å²) >= 11 is 0. The molecule has 1 fully saturated rings. The SMILES string of the molecule is O=C(C1CO1)P(=O)([O-])[O-].[K+].[K+]. The fourth-order valence-electron chi connectivity index (χ4n) is 0.367. The normalized spacial score (nSPS) is 21.1. The molecule has 1 rings (SSSR count). The van der Waals surface area contributed by atoms with Crippen LogP contribution in [0.25, 0.3) is 0 Å². The van der Waals surface area contributed by atoms with Crippen molar-refractivity contribution in [3.63, 3.8) is 0 Å². The zero-order chi connectivity index (χ0) is 7.07. The van der Waals surface area contributed by atoms with Crippen LogP contribution in [0, 0.1) is 0 Å². The molecule has 0 aromatic heterocycles. The van der Waals surface area contributed by atoms with Gasteiger partial charge in [-0.2, -0.15) is 0 Å². The minimum atomic E-state index is -5.01. The van der Waals surface area contributed by atoms with Gasteiger partial charge < -0.3 is 19.1 Å². The van der Waals surface area contributed by atoms with Crippen molar-refractivity contribution >= 4 is 13.1 Å². The molecule has 0 aromatic carbocycles. The molecule has 0 spiro atoms. The molecule has 0 bridgehead atoms. The fraction of sp³-hybridized carbons (Fsp3) is 0.667. The molecule has 0 saturated carbocycles. The van der Waals surface area contributed by atoms with Crippen LogP contribution in [-0.2, 0) is 14.1 Å². The first-order chi connectivity index (χ1) is 4.02. The first kappa shape index (κ1) is 16.5. The maximum Gasteiger partial charge on any atom is 1.00 e. The second-order valence-corrected chi connectivity index (χ2v) is 3.09. The van der Waals surface area contributed by atoms with Gasteiger partial charge in [-0.25, -0.2) is 0 Å². The van der Waals surface area contributed by atoms with Crippen LogP contribution >= 0.6 is 7.60 Å². The van der Waals surface area contributed by atoms with Gasteiger partial charge in [-0.15, -0.1) is 0 Å². The molecule has 1 unspecified atom stereocenters. The number of carbonyl (C=O) groups excluding carboxylic acids is 1. The molecule has 1 saturated heterocycles. The van der Waals surface area contributed by atoms with E-state index in [1.165, 1.54) is 0 Å². The summed E-state index contributed by atoms with van der Waals surface area (Å²) in [7, 11) is -5.01. The van der Waals surface area contributed by atoms with Gasteiger partial charge in [-0.3, -0.25) is 4.79 Å². The van der Waals surface area contributed by atoms with Crippen molar-refractivity contribution in [1.82, 2.24) is 0 Å². The average molecular weight is 228 g/mol. The Balaban J connectivity index is 0. The van der Waals surface area contributed by atoms with Crippen LogP contribution in [0.4, 0.5) is 0 Å². The standard InChI is InChI=1S/C3H5O5P.2K/c4-3(2-1-8-2)9(5,6)7;;/h2H,1H2,(H2,5,6,7);;/q;2*+1/p-2. The van der Waals surface area contributed by atoms with Gasteiger partial charge >= 0.3 is 103 Å². The van der Waals surface area contributed by atoms with Crippen LogP contribution in [0.1, 0.15) is 0 Å². The van der Waals surface area contributed by atoms with Crippen LogP contribution in [-0.4, -0.2) is 18.2 Å². The van der Waals surface area contributed by atoms with E-state index in [9.17, 15) is 19.1 Å². The molecule has 52 valence electrons. The van der Waals surface area contributed by atoms with Crippen molar-refractivity contribution in [3.8, 4) is 0 Å². The smallest absolute Gasteiger partial charge is 0.805 e. The fourth-order valence-corrected chi connectivity index (χ4v) is 0.869. The molecule has 1 aliphatic rings. The minimum absolute atomic E-state index is 0. The maximum absolute atomic E-state index is 10.2. The topological polar surface area (TPSA) is 92.8 Å². The molecule has 0 aliphatic carbocycles. The summed E-state index contributed by atoms with van der Waals surface area (Å²) in [5.41, 5.74) is -1.33. The quantitative estimate of drug-likeness (QED) is 0.266. The van der Waals surface area contributed by atoms with Gasteiger partial charge in [0.2, 0.25) is 0 Å². The molecule has 1 heterocycles. The number of carbonyl (C=O) groups is 1. The van der Waals surface area contributed by atoms with Crippen LogP contribution < -0.4 is 113 Å². The Hall–Kier alpha value is 3.05. The molecule has 5 nitrogen and oxygen atoms in total. The molecule has 1 aliphatic heterocycles. The summed E-state index contributed by atoms with van der Waals surface area (Å²) in [5, 5.41) is 0. The Labute approximate surface area is 149 Å². The molecule has 0 N–H and O–H groups in total. The molecular formula is C3H3K2O5P. The van der Waals surface area contributed by atoms with E-state index >= 15 is 0 Å². The van der Waals surface area contributed by atoms with Crippen molar-refractivity contribution < 1.29 is 127 Å². The van der Waals surface area contributed by atoms with Gasteiger partial charge in [0.25, 0.3) is 0 Å². The molecule has 0 radical (unpaired) electrons. The Morgan fingerprint density at radius 2 is 1.82 bits per heavy atom. The third-order valence-corrected chi connectivity index (χ3v) is 1.71. The van der Waals surface area contributed by atoms with Crippen molar-refractivity contribution in [1.29, 1.82) is 0 Å². The zero-order valence-electron chi connectivity index (χ0n) is 6.27. The Bertz CT molecular complexity index is 184. The maximum atomic E-state index is 10.2. The summed E-state index contributed by atoms with van der Waals surface area (Å²) in [5.74, 6) is 0. The van der Waals surface area contributed by atoms with E-state index in [0.717, 1.165) is 0 Å². The Morgan fingerprint density at radius 3 is 1.91 bits per heavy atom. The summed E-state index contributed by atoms with van der Waals surface area (Å²) in [6, 6.07) is 0. The summed E-state index contributed by atoms with van der Waals surface area (Å²) in [6.07, 6.45) is -0.967. The second-order valence-electron chi connectivity index (χ2n) is 1.66. The van der Waals surface area contributed by atoms with E-state index in [4.69, 9.17) is 0 Å². The van der Waals surface area contributed by atoms with Crippen LogP contribution in [0.15, 0.2) is 0 Å². The van der Waals surface area contributed by atoms with E-state index in [0.29, 0.717) is 0 Å². The van der Waals surface area contributed by atoms with Gasteiger partial charge in [0, 0.05) is 7.60 Å². The van der Waals surface area contributed by atoms with Crippen LogP contribution in [0.5, 0.6) is 0 Å². The molecule has 1 atom stereocenters. The van der Waals surface area contributed by atoms with Gasteiger partial charge in [-0.05, 0) is 0 Å². The number of hydrogen-bond donors (Lipinski definition) is 0. The number of epoxide rings is 1. The monoisotopic (exact) mass is 228 g/mol. The molecule has 0 aromatic rings. The van der Waals surface area contributed by atoms with Gasteiger partial charge in [0.1, 0.15) is 6.10 Å². The Kier molecular flexibility index (Phi) is 9.77. The largest absolute Gasteiger partial charge is 1.00 e. The first-order valence-corrected chi connectivity index (χ1v) is 3.74. The first-order valence-electron chi connectivity index (χ1n) is 2.20. The van der Waals surface area contributed by atoms with Crippen LogP contribution in [0.3, 0.4) is 0 Å². The number of hydrogen-bond acceptors (Lipinski definition) is 5. The molecule has 11 heavy (non-hydrogen) atoms. The summed E-state index contributed by atoms with van der Waals surface area (Å²) < 4.78 is 14.1. The third-order valence-electron chi connectivity index (χ3n) is 0.879. The van der Waals surface area contributed by atoms with E-state index < -0.39 is 19.2 Å². The predicted octanol–water partition coefficient (Wildman–Crippen LogP) is -8.17. The van der Waals surface area contributed by atoms with E-state index in [1.54, 1.807) is 0 Å². The molecule has 8 heteroatoms. The van der Waals surface area contributed by atoms with Gasteiger partial charge in [0.15, 0.2) is 5.52 Å². The molecule has 0 amide bonds. The van der Waals surface area contributed by atoms with Crippen molar-refractivity contribution in [3.05, 3.63) is 0 Å². The van der Waals surface area contributed by atoms with E-state index in [2.05, 4.69) is 4.74 Å². The number of ether oxygens (including phenoxy) is 1. The van der Waals surface area contributed by atoms with E-state index in [-0.39, 0.29) is 109 Å². The average Bonchev–Trinajstić information content (AvgIpc) is 2.40. The van der Waals surface area contributed by atoms with Crippen LogP contribution in [0.2, 0.25) is 0 Å². The van der Waals surface area contributed by atoms with Crippen molar-refractivity contribution in [2.24, 2.45) is 0 Å². The number of rotatable bonds is 2. The van der Waals surface area contributed by atoms with Crippen molar-refractivity contribution in [2.75, 3.05) is 6.61 Å². The van der Waals surface area contributed by atoms with E-state index in [1.807, 2.05) is 0 Å². The van der Waals surface area contributed by atoms with Gasteiger partial charge in [0.05, 0.1) is 6.61 Å². The predicted molar refractivity (Wildman–Crippen MR) is 22.4 cm³/mol.